The summed E-state index contributed by atoms with van der Waals surface area (Å²) in [5, 5.41) is 14.5. The number of likely N-dealkylation sites (tertiary alicyclic amines) is 1. The summed E-state index contributed by atoms with van der Waals surface area (Å²) in [4.78, 5) is 13.9. The van der Waals surface area contributed by atoms with Gasteiger partial charge in [0, 0.05) is 45.4 Å². The van der Waals surface area contributed by atoms with Crippen molar-refractivity contribution in [3.63, 3.8) is 0 Å². The van der Waals surface area contributed by atoms with E-state index in [-0.39, 0.29) is 29.2 Å². The molecule has 1 aromatic heterocycles. The molecule has 2 saturated heterocycles. The van der Waals surface area contributed by atoms with Gasteiger partial charge in [0.1, 0.15) is 11.7 Å². The average Bonchev–Trinajstić information content (AvgIpc) is 3.49. The number of ether oxygens (including phenoxy) is 1. The van der Waals surface area contributed by atoms with Crippen LogP contribution in [0, 0.1) is 11.7 Å². The molecule has 1 N–H and O–H groups in total. The van der Waals surface area contributed by atoms with Gasteiger partial charge in [-0.05, 0) is 37.5 Å². The Morgan fingerprint density at radius 2 is 2.19 bits per heavy atom. The van der Waals surface area contributed by atoms with E-state index in [1.165, 1.54) is 6.07 Å². The number of fused-ring (bicyclic) bond motifs is 1. The number of hydrogen-bond acceptors (Lipinski definition) is 6. The van der Waals surface area contributed by atoms with E-state index in [9.17, 15) is 4.79 Å². The lowest BCUT2D eigenvalue weighted by Gasteiger charge is -2.43. The third-order valence-corrected chi connectivity index (χ3v) is 6.92. The molecule has 32 heavy (non-hydrogen) atoms. The molecule has 0 radical (unpaired) electrons. The highest BCUT2D eigenvalue weighted by Crippen LogP contribution is 2.39. The fourth-order valence-corrected chi connectivity index (χ4v) is 5.03. The third kappa shape index (κ3) is 3.64. The van der Waals surface area contributed by atoms with Crippen LogP contribution in [0.5, 0.6) is 0 Å². The van der Waals surface area contributed by atoms with Gasteiger partial charge < -0.3 is 15.0 Å². The summed E-state index contributed by atoms with van der Waals surface area (Å²) >= 11 is 0. The maximum Gasteiger partial charge on any atom is 0.219 e. The Bertz CT molecular complexity index is 1060. The lowest BCUT2D eigenvalue weighted by Crippen LogP contribution is -2.55. The summed E-state index contributed by atoms with van der Waals surface area (Å²) in [6.45, 7) is 6.39. The summed E-state index contributed by atoms with van der Waals surface area (Å²) in [5.41, 5.74) is 1.82. The molecule has 3 aliphatic heterocycles. The van der Waals surface area contributed by atoms with E-state index >= 15 is 4.39 Å². The van der Waals surface area contributed by atoms with Crippen LogP contribution in [0.25, 0.3) is 11.1 Å². The Kier molecular flexibility index (Phi) is 5.16. The highest BCUT2D eigenvalue weighted by molar-refractivity contribution is 5.99. The van der Waals surface area contributed by atoms with Gasteiger partial charge in [-0.2, -0.15) is 10.2 Å². The number of hydrogen-bond donors (Lipinski definition) is 1. The SMILES string of the molecule is CC(=O)N1CCC2C(C1)C(Nc1ccc(-c3cnn(C)c3)cc1F)=NN2C1(C)CCOC1. The Hall–Kier alpha value is -2.94. The zero-order valence-corrected chi connectivity index (χ0v) is 18.7. The minimum absolute atomic E-state index is 0.00229. The molecule has 170 valence electrons. The zero-order chi connectivity index (χ0) is 22.5. The van der Waals surface area contributed by atoms with Crippen LogP contribution in [0.1, 0.15) is 26.7 Å². The van der Waals surface area contributed by atoms with Crippen LogP contribution in [-0.2, 0) is 16.6 Å². The van der Waals surface area contributed by atoms with E-state index < -0.39 is 0 Å². The summed E-state index contributed by atoms with van der Waals surface area (Å²) in [6.07, 6.45) is 5.30. The zero-order valence-electron chi connectivity index (χ0n) is 18.7. The molecular formula is C23H29FN6O2. The molecule has 3 aliphatic rings. The van der Waals surface area contributed by atoms with E-state index in [0.29, 0.717) is 37.8 Å². The number of carbonyl (C=O) groups is 1. The molecule has 0 saturated carbocycles. The molecule has 9 heteroatoms. The minimum Gasteiger partial charge on any atom is -0.379 e. The van der Waals surface area contributed by atoms with Gasteiger partial charge in [-0.15, -0.1) is 0 Å². The van der Waals surface area contributed by atoms with Crippen LogP contribution >= 0.6 is 0 Å². The van der Waals surface area contributed by atoms with Crippen LogP contribution in [0.15, 0.2) is 35.7 Å². The topological polar surface area (TPSA) is 75.0 Å². The number of rotatable bonds is 3. The first-order chi connectivity index (χ1) is 15.3. The smallest absolute Gasteiger partial charge is 0.219 e. The van der Waals surface area contributed by atoms with Crippen molar-refractivity contribution in [1.29, 1.82) is 0 Å². The molecule has 1 amide bonds. The lowest BCUT2D eigenvalue weighted by atomic mass is 9.88. The van der Waals surface area contributed by atoms with Gasteiger partial charge >= 0.3 is 0 Å². The van der Waals surface area contributed by atoms with Crippen molar-refractivity contribution in [2.75, 3.05) is 31.6 Å². The maximum absolute atomic E-state index is 15.1. The van der Waals surface area contributed by atoms with Gasteiger partial charge in [0.2, 0.25) is 5.91 Å². The fraction of sp³-hybridized carbons (Fsp3) is 0.522. The minimum atomic E-state index is -0.348. The van der Waals surface area contributed by atoms with Crippen molar-refractivity contribution in [2.45, 2.75) is 38.3 Å². The predicted octanol–water partition coefficient (Wildman–Crippen LogP) is 2.68. The number of nitrogens with zero attached hydrogens (tertiary/aromatic N) is 5. The lowest BCUT2D eigenvalue weighted by molar-refractivity contribution is -0.131. The molecule has 0 spiro atoms. The molecule has 0 aliphatic carbocycles. The van der Waals surface area contributed by atoms with Gasteiger partial charge in [-0.3, -0.25) is 14.5 Å². The number of hydrazone groups is 1. The molecule has 2 aromatic rings. The second-order valence-electron chi connectivity index (χ2n) is 9.28. The van der Waals surface area contributed by atoms with Crippen molar-refractivity contribution in [1.82, 2.24) is 19.7 Å². The summed E-state index contributed by atoms with van der Waals surface area (Å²) < 4.78 is 22.4. The third-order valence-electron chi connectivity index (χ3n) is 6.92. The Morgan fingerprint density at radius 3 is 2.84 bits per heavy atom. The number of benzene rings is 1. The normalized spacial score (nSPS) is 27.4. The molecule has 4 heterocycles. The van der Waals surface area contributed by atoms with Gasteiger partial charge in [-0.1, -0.05) is 6.07 Å². The van der Waals surface area contributed by atoms with E-state index in [4.69, 9.17) is 9.84 Å². The number of anilines is 1. The van der Waals surface area contributed by atoms with Crippen LogP contribution < -0.4 is 5.32 Å². The molecule has 3 unspecified atom stereocenters. The van der Waals surface area contributed by atoms with Crippen molar-refractivity contribution in [3.05, 3.63) is 36.4 Å². The van der Waals surface area contributed by atoms with E-state index in [0.717, 1.165) is 24.0 Å². The highest BCUT2D eigenvalue weighted by atomic mass is 19.1. The molecule has 5 rings (SSSR count). The first-order valence-corrected chi connectivity index (χ1v) is 11.1. The number of carbonyl (C=O) groups excluding carboxylic acids is 1. The fourth-order valence-electron chi connectivity index (χ4n) is 5.03. The number of amidine groups is 1. The molecule has 8 nitrogen and oxygen atoms in total. The monoisotopic (exact) mass is 440 g/mol. The molecule has 0 bridgehead atoms. The van der Waals surface area contributed by atoms with Crippen molar-refractivity contribution in [3.8, 4) is 11.1 Å². The maximum atomic E-state index is 15.1. The summed E-state index contributed by atoms with van der Waals surface area (Å²) in [5.74, 6) is 0.423. The highest BCUT2D eigenvalue weighted by Gasteiger charge is 2.49. The van der Waals surface area contributed by atoms with E-state index in [1.54, 1.807) is 23.9 Å². The van der Waals surface area contributed by atoms with Crippen LogP contribution in [0.4, 0.5) is 10.1 Å². The first-order valence-electron chi connectivity index (χ1n) is 11.1. The second-order valence-corrected chi connectivity index (χ2v) is 9.28. The quantitative estimate of drug-likeness (QED) is 0.794. The molecular weight excluding hydrogens is 411 g/mol. The van der Waals surface area contributed by atoms with Crippen molar-refractivity contribution >= 4 is 17.4 Å². The van der Waals surface area contributed by atoms with E-state index in [1.807, 2.05) is 24.2 Å². The Labute approximate surface area is 187 Å². The number of aryl methyl sites for hydroxylation is 1. The van der Waals surface area contributed by atoms with E-state index in [2.05, 4.69) is 22.3 Å². The van der Waals surface area contributed by atoms with Gasteiger partial charge in [0.05, 0.1) is 36.0 Å². The number of aromatic nitrogens is 2. The van der Waals surface area contributed by atoms with Gasteiger partial charge in [-0.25, -0.2) is 4.39 Å². The predicted molar refractivity (Wildman–Crippen MR) is 119 cm³/mol. The van der Waals surface area contributed by atoms with Crippen LogP contribution in [0.2, 0.25) is 0 Å². The van der Waals surface area contributed by atoms with Gasteiger partial charge in [0.25, 0.3) is 0 Å². The summed E-state index contributed by atoms with van der Waals surface area (Å²) in [7, 11) is 1.83. The second kappa shape index (κ2) is 7.88. The Balaban J connectivity index is 1.43. The molecule has 2 fully saturated rings. The number of amides is 1. The van der Waals surface area contributed by atoms with Crippen molar-refractivity contribution in [2.24, 2.45) is 18.1 Å². The van der Waals surface area contributed by atoms with Crippen LogP contribution in [0.3, 0.4) is 0 Å². The van der Waals surface area contributed by atoms with Crippen molar-refractivity contribution < 1.29 is 13.9 Å². The molecule has 3 atom stereocenters. The van der Waals surface area contributed by atoms with Crippen LogP contribution in [-0.4, -0.2) is 69.3 Å². The van der Waals surface area contributed by atoms with Gasteiger partial charge in [0.15, 0.2) is 0 Å². The first kappa shape index (κ1) is 20.9. The standard InChI is InChI=1S/C23H29FN6O2/c1-15(31)29-8-6-21-18(13-29)22(27-30(21)23(2)7-9-32-14-23)26-20-5-4-16(10-19(20)24)17-11-25-28(3)12-17/h4-5,10-12,18,21H,6-9,13-14H2,1-3H3,(H,26,27). The largest absolute Gasteiger partial charge is 0.379 e. The summed E-state index contributed by atoms with van der Waals surface area (Å²) in [6, 6.07) is 5.29. The number of halogens is 1. The molecule has 1 aromatic carbocycles. The average molecular weight is 441 g/mol. The Morgan fingerprint density at radius 1 is 1.34 bits per heavy atom. The number of nitrogens with one attached hydrogen (secondary N) is 1. The number of piperidine rings is 1.